The molecule has 0 fully saturated rings. The average Bonchev–Trinajstić information content (AvgIpc) is 3.05. The second kappa shape index (κ2) is 8.13. The van der Waals surface area contributed by atoms with Crippen LogP contribution in [0.2, 0.25) is 5.02 Å². The molecule has 1 aromatic carbocycles. The molecular weight excluding hydrogens is 426 g/mol. The lowest BCUT2D eigenvalue weighted by Gasteiger charge is -2.18. The standard InChI is InChI=1S/C21H22ClN3O2S2/c1-11-4-7-14-16(8-11)29-19-18(14)20(27)25(13-6-5-12(2)15(22)9-13)21(24-19)28-10-17(26)23-3/h5-6,9,11H,4,7-8,10H2,1-3H3,(H,23,26). The molecule has 5 nitrogen and oxygen atoms in total. The highest BCUT2D eigenvalue weighted by atomic mass is 35.5. The molecule has 1 atom stereocenters. The van der Waals surface area contributed by atoms with Gasteiger partial charge in [-0.2, -0.15) is 0 Å². The summed E-state index contributed by atoms with van der Waals surface area (Å²) >= 11 is 9.22. The van der Waals surface area contributed by atoms with Gasteiger partial charge in [0.15, 0.2) is 5.16 Å². The van der Waals surface area contributed by atoms with Crippen LogP contribution in [0, 0.1) is 12.8 Å². The van der Waals surface area contributed by atoms with E-state index in [0.29, 0.717) is 21.8 Å². The second-order valence-electron chi connectivity index (χ2n) is 7.46. The molecule has 8 heteroatoms. The number of amides is 1. The Morgan fingerprint density at radius 3 is 2.97 bits per heavy atom. The van der Waals surface area contributed by atoms with E-state index >= 15 is 0 Å². The average molecular weight is 448 g/mol. The molecule has 29 heavy (non-hydrogen) atoms. The summed E-state index contributed by atoms with van der Waals surface area (Å²) in [5, 5.41) is 4.44. The van der Waals surface area contributed by atoms with Crippen molar-refractivity contribution in [3.05, 3.63) is 49.6 Å². The van der Waals surface area contributed by atoms with Crippen LogP contribution in [-0.2, 0) is 17.6 Å². The molecule has 4 rings (SSSR count). The summed E-state index contributed by atoms with van der Waals surface area (Å²) < 4.78 is 1.60. The highest BCUT2D eigenvalue weighted by Crippen LogP contribution is 2.37. The van der Waals surface area contributed by atoms with Gasteiger partial charge >= 0.3 is 0 Å². The van der Waals surface area contributed by atoms with Crippen LogP contribution in [-0.4, -0.2) is 28.3 Å². The first-order valence-corrected chi connectivity index (χ1v) is 11.7. The minimum absolute atomic E-state index is 0.0821. The van der Waals surface area contributed by atoms with Crippen molar-refractivity contribution in [2.75, 3.05) is 12.8 Å². The first kappa shape index (κ1) is 20.4. The zero-order valence-corrected chi connectivity index (χ0v) is 18.9. The van der Waals surface area contributed by atoms with Gasteiger partial charge in [-0.15, -0.1) is 11.3 Å². The molecule has 0 saturated heterocycles. The highest BCUT2D eigenvalue weighted by Gasteiger charge is 2.25. The predicted octanol–water partition coefficient (Wildman–Crippen LogP) is 4.37. The smallest absolute Gasteiger partial charge is 0.267 e. The van der Waals surface area contributed by atoms with Crippen LogP contribution >= 0.6 is 34.7 Å². The van der Waals surface area contributed by atoms with Crippen molar-refractivity contribution in [1.29, 1.82) is 0 Å². The van der Waals surface area contributed by atoms with Crippen LogP contribution in [0.1, 0.15) is 29.3 Å². The van der Waals surface area contributed by atoms with Crippen molar-refractivity contribution in [2.45, 2.75) is 38.3 Å². The van der Waals surface area contributed by atoms with Gasteiger partial charge in [-0.1, -0.05) is 36.4 Å². The van der Waals surface area contributed by atoms with Gasteiger partial charge in [0.2, 0.25) is 5.91 Å². The number of thiophene rings is 1. The molecule has 1 aliphatic carbocycles. The molecule has 0 spiro atoms. The number of aryl methyl sites for hydroxylation is 2. The first-order chi connectivity index (χ1) is 13.9. The van der Waals surface area contributed by atoms with E-state index in [9.17, 15) is 9.59 Å². The van der Waals surface area contributed by atoms with Gasteiger partial charge in [0.1, 0.15) is 4.83 Å². The number of nitrogens with one attached hydrogen (secondary N) is 1. The molecule has 0 aliphatic heterocycles. The third kappa shape index (κ3) is 3.83. The number of fused-ring (bicyclic) bond motifs is 3. The van der Waals surface area contributed by atoms with Gasteiger partial charge in [0.05, 0.1) is 16.8 Å². The maximum Gasteiger partial charge on any atom is 0.267 e. The molecule has 1 amide bonds. The summed E-state index contributed by atoms with van der Waals surface area (Å²) in [4.78, 5) is 32.3. The Balaban J connectivity index is 1.94. The fourth-order valence-electron chi connectivity index (χ4n) is 3.62. The van der Waals surface area contributed by atoms with Crippen LogP contribution in [0.5, 0.6) is 0 Å². The molecule has 3 aromatic rings. The lowest BCUT2D eigenvalue weighted by molar-refractivity contribution is -0.118. The monoisotopic (exact) mass is 447 g/mol. The molecule has 1 aliphatic rings. The lowest BCUT2D eigenvalue weighted by Crippen LogP contribution is -2.24. The van der Waals surface area contributed by atoms with Crippen LogP contribution in [0.3, 0.4) is 0 Å². The zero-order valence-electron chi connectivity index (χ0n) is 16.5. The highest BCUT2D eigenvalue weighted by molar-refractivity contribution is 7.99. The van der Waals surface area contributed by atoms with E-state index in [1.54, 1.807) is 29.0 Å². The van der Waals surface area contributed by atoms with Crippen molar-refractivity contribution >= 4 is 50.8 Å². The fourth-order valence-corrected chi connectivity index (χ4v) is 6.10. The van der Waals surface area contributed by atoms with Gasteiger partial charge < -0.3 is 5.32 Å². The van der Waals surface area contributed by atoms with Crippen LogP contribution in [0.15, 0.2) is 28.2 Å². The molecule has 152 valence electrons. The molecule has 0 bridgehead atoms. The Morgan fingerprint density at radius 1 is 1.45 bits per heavy atom. The summed E-state index contributed by atoms with van der Waals surface area (Å²) in [6.07, 6.45) is 2.99. The zero-order chi connectivity index (χ0) is 20.7. The van der Waals surface area contributed by atoms with Gasteiger partial charge in [0, 0.05) is 16.9 Å². The quantitative estimate of drug-likeness (QED) is 0.476. The molecule has 2 heterocycles. The first-order valence-electron chi connectivity index (χ1n) is 9.56. The van der Waals surface area contributed by atoms with Gasteiger partial charge in [-0.25, -0.2) is 4.98 Å². The number of carbonyl (C=O) groups is 1. The van der Waals surface area contributed by atoms with E-state index in [4.69, 9.17) is 16.6 Å². The van der Waals surface area contributed by atoms with Gasteiger partial charge in [-0.05, 0) is 55.4 Å². The van der Waals surface area contributed by atoms with Gasteiger partial charge in [-0.3, -0.25) is 14.2 Å². The van der Waals surface area contributed by atoms with Crippen LogP contribution < -0.4 is 10.9 Å². The molecule has 0 radical (unpaired) electrons. The third-order valence-electron chi connectivity index (χ3n) is 5.32. The summed E-state index contributed by atoms with van der Waals surface area (Å²) in [5.74, 6) is 0.698. The molecule has 2 aromatic heterocycles. The second-order valence-corrected chi connectivity index (χ2v) is 9.90. The SMILES string of the molecule is CNC(=O)CSc1nc2sc3c(c2c(=O)n1-c1ccc(C)c(Cl)c1)CCC(C)C3. The summed E-state index contributed by atoms with van der Waals surface area (Å²) in [6, 6.07) is 5.56. The van der Waals surface area contributed by atoms with E-state index in [1.165, 1.54) is 16.6 Å². The molecule has 1 unspecified atom stereocenters. The number of benzene rings is 1. The van der Waals surface area contributed by atoms with Crippen molar-refractivity contribution in [2.24, 2.45) is 5.92 Å². The Kier molecular flexibility index (Phi) is 5.73. The predicted molar refractivity (Wildman–Crippen MR) is 121 cm³/mol. The molecular formula is C21H22ClN3O2S2. The number of nitrogens with zero attached hydrogens (tertiary/aromatic N) is 2. The van der Waals surface area contributed by atoms with Crippen molar-refractivity contribution in [1.82, 2.24) is 14.9 Å². The van der Waals surface area contributed by atoms with Crippen molar-refractivity contribution in [3.8, 4) is 5.69 Å². The largest absolute Gasteiger partial charge is 0.358 e. The van der Waals surface area contributed by atoms with Crippen molar-refractivity contribution < 1.29 is 4.79 Å². The van der Waals surface area contributed by atoms with E-state index in [-0.39, 0.29) is 17.2 Å². The van der Waals surface area contributed by atoms with E-state index in [0.717, 1.165) is 40.6 Å². The topological polar surface area (TPSA) is 64.0 Å². The summed E-state index contributed by atoms with van der Waals surface area (Å²) in [6.45, 7) is 4.17. The Bertz CT molecular complexity index is 1170. The lowest BCUT2D eigenvalue weighted by atomic mass is 9.89. The third-order valence-corrected chi connectivity index (χ3v) is 7.82. The van der Waals surface area contributed by atoms with E-state index in [1.807, 2.05) is 19.1 Å². The fraction of sp³-hybridized carbons (Fsp3) is 0.381. The number of thioether (sulfide) groups is 1. The number of rotatable bonds is 4. The maximum atomic E-state index is 13.6. The Hall–Kier alpha value is -1.83. The number of carbonyl (C=O) groups excluding carboxylic acids is 1. The van der Waals surface area contributed by atoms with Crippen molar-refractivity contribution in [3.63, 3.8) is 0 Å². The minimum Gasteiger partial charge on any atom is -0.358 e. The van der Waals surface area contributed by atoms with E-state index in [2.05, 4.69) is 12.2 Å². The molecule has 1 N–H and O–H groups in total. The number of halogens is 1. The summed E-state index contributed by atoms with van der Waals surface area (Å²) in [7, 11) is 1.60. The summed E-state index contributed by atoms with van der Waals surface area (Å²) in [5.41, 5.74) is 2.68. The normalized spacial score (nSPS) is 16.1. The number of hydrogen-bond donors (Lipinski definition) is 1. The Morgan fingerprint density at radius 2 is 2.24 bits per heavy atom. The number of aromatic nitrogens is 2. The minimum atomic E-state index is -0.114. The van der Waals surface area contributed by atoms with E-state index < -0.39 is 0 Å². The van der Waals surface area contributed by atoms with Crippen LogP contribution in [0.4, 0.5) is 0 Å². The van der Waals surface area contributed by atoms with Gasteiger partial charge in [0.25, 0.3) is 5.56 Å². The van der Waals surface area contributed by atoms with Crippen LogP contribution in [0.25, 0.3) is 15.9 Å². The number of hydrogen-bond acceptors (Lipinski definition) is 5. The maximum absolute atomic E-state index is 13.6. The Labute approximate surface area is 182 Å². The molecule has 0 saturated carbocycles.